The highest BCUT2D eigenvalue weighted by molar-refractivity contribution is 5.89. The quantitative estimate of drug-likeness (QED) is 0.639. The fraction of sp³-hybridized carbons (Fsp3) is 0.500. The van der Waals surface area contributed by atoms with E-state index in [0.29, 0.717) is 45.1 Å². The fourth-order valence-electron chi connectivity index (χ4n) is 4.51. The Morgan fingerprint density at radius 3 is 2.72 bits per heavy atom. The Hall–Kier alpha value is -3.00. The van der Waals surface area contributed by atoms with Crippen LogP contribution in [0.1, 0.15) is 37.3 Å². The number of ether oxygens (including phenoxy) is 1. The zero-order valence-electron chi connectivity index (χ0n) is 18.6. The lowest BCUT2D eigenvalue weighted by atomic mass is 9.92. The summed E-state index contributed by atoms with van der Waals surface area (Å²) in [5.74, 6) is 1.12. The van der Waals surface area contributed by atoms with Crippen molar-refractivity contribution in [2.24, 2.45) is 5.92 Å². The van der Waals surface area contributed by atoms with Gasteiger partial charge in [0, 0.05) is 64.1 Å². The normalized spacial score (nSPS) is 19.4. The van der Waals surface area contributed by atoms with Gasteiger partial charge in [-0.2, -0.15) is 0 Å². The van der Waals surface area contributed by atoms with Crippen molar-refractivity contribution < 1.29 is 14.3 Å². The molecule has 0 unspecified atom stereocenters. The molecule has 2 fully saturated rings. The molecule has 0 aromatic carbocycles. The molecular weight excluding hydrogens is 406 g/mol. The van der Waals surface area contributed by atoms with Gasteiger partial charge >= 0.3 is 0 Å². The number of rotatable bonds is 8. The molecule has 0 spiro atoms. The summed E-state index contributed by atoms with van der Waals surface area (Å²) >= 11 is 0. The maximum absolute atomic E-state index is 13.0. The summed E-state index contributed by atoms with van der Waals surface area (Å²) in [6.45, 7) is 3.26. The minimum absolute atomic E-state index is 0.0814. The van der Waals surface area contributed by atoms with E-state index < -0.39 is 0 Å². The Kier molecular flexibility index (Phi) is 7.32. The fourth-order valence-corrected chi connectivity index (χ4v) is 4.51. The number of amides is 2. The zero-order valence-corrected chi connectivity index (χ0v) is 18.6. The number of hydrogen-bond acceptors (Lipinski definition) is 6. The van der Waals surface area contributed by atoms with Gasteiger partial charge in [0.25, 0.3) is 0 Å². The van der Waals surface area contributed by atoms with Crippen LogP contribution in [0.25, 0.3) is 0 Å². The molecule has 2 aromatic heterocycles. The molecule has 0 aliphatic carbocycles. The van der Waals surface area contributed by atoms with Crippen LogP contribution in [0.2, 0.25) is 0 Å². The van der Waals surface area contributed by atoms with Crippen LogP contribution in [0, 0.1) is 5.92 Å². The van der Waals surface area contributed by atoms with Gasteiger partial charge in [-0.25, -0.2) is 4.98 Å². The molecule has 8 nitrogen and oxygen atoms in total. The lowest BCUT2D eigenvalue weighted by Gasteiger charge is -2.33. The average Bonchev–Trinajstić information content (AvgIpc) is 3.20. The van der Waals surface area contributed by atoms with E-state index in [1.54, 1.807) is 18.2 Å². The number of aromatic nitrogens is 2. The van der Waals surface area contributed by atoms with E-state index in [0.717, 1.165) is 36.5 Å². The second-order valence-corrected chi connectivity index (χ2v) is 8.50. The first kappa shape index (κ1) is 22.2. The number of nitrogens with zero attached hydrogens (tertiary/aromatic N) is 4. The number of likely N-dealkylation sites (tertiary alicyclic amines) is 2. The third kappa shape index (κ3) is 5.43. The highest BCUT2D eigenvalue weighted by Gasteiger charge is 2.37. The van der Waals surface area contributed by atoms with Gasteiger partial charge in [0.15, 0.2) is 0 Å². The molecule has 2 aromatic rings. The second kappa shape index (κ2) is 10.5. The molecule has 4 heterocycles. The molecule has 170 valence electrons. The van der Waals surface area contributed by atoms with Crippen LogP contribution in [-0.4, -0.2) is 71.5 Å². The predicted molar refractivity (Wildman–Crippen MR) is 121 cm³/mol. The predicted octanol–water partition coefficient (Wildman–Crippen LogP) is 2.81. The highest BCUT2D eigenvalue weighted by atomic mass is 16.5. The van der Waals surface area contributed by atoms with Crippen LogP contribution in [-0.2, 0) is 14.3 Å². The van der Waals surface area contributed by atoms with Gasteiger partial charge in [-0.05, 0) is 43.5 Å². The third-order valence-corrected chi connectivity index (χ3v) is 6.29. The maximum atomic E-state index is 13.0. The SMILES string of the molecule is COCCCN1C[C@H](C(=O)N2CCC(c3ccc(Nc4ccccn4)cn3)CC2)CC1=O. The molecule has 2 amide bonds. The smallest absolute Gasteiger partial charge is 0.227 e. The van der Waals surface area contributed by atoms with Crippen LogP contribution in [0.3, 0.4) is 0 Å². The minimum atomic E-state index is -0.211. The van der Waals surface area contributed by atoms with E-state index in [9.17, 15) is 9.59 Å². The summed E-state index contributed by atoms with van der Waals surface area (Å²) in [4.78, 5) is 37.9. The minimum Gasteiger partial charge on any atom is -0.385 e. The molecule has 1 N–H and O–H groups in total. The molecule has 0 radical (unpaired) electrons. The molecule has 2 saturated heterocycles. The third-order valence-electron chi connectivity index (χ3n) is 6.29. The molecule has 8 heteroatoms. The molecular formula is C24H31N5O3. The van der Waals surface area contributed by atoms with Gasteiger partial charge in [0.1, 0.15) is 5.82 Å². The van der Waals surface area contributed by atoms with Crippen LogP contribution < -0.4 is 5.32 Å². The molecule has 1 atom stereocenters. The van der Waals surface area contributed by atoms with Gasteiger partial charge in [0.2, 0.25) is 11.8 Å². The summed E-state index contributed by atoms with van der Waals surface area (Å²) in [6.07, 6.45) is 6.51. The van der Waals surface area contributed by atoms with Crippen molar-refractivity contribution in [1.82, 2.24) is 19.8 Å². The highest BCUT2D eigenvalue weighted by Crippen LogP contribution is 2.29. The number of anilines is 2. The molecule has 2 aliphatic heterocycles. The van der Waals surface area contributed by atoms with E-state index in [2.05, 4.69) is 21.4 Å². The van der Waals surface area contributed by atoms with Crippen molar-refractivity contribution in [3.05, 3.63) is 48.4 Å². The van der Waals surface area contributed by atoms with Gasteiger partial charge in [-0.1, -0.05) is 6.07 Å². The summed E-state index contributed by atoms with van der Waals surface area (Å²) in [5.41, 5.74) is 1.96. The number of carbonyl (C=O) groups is 2. The van der Waals surface area contributed by atoms with Crippen molar-refractivity contribution in [3.63, 3.8) is 0 Å². The standard InChI is InChI=1S/C24H31N5O3/c1-32-14-4-11-29-17-19(15-23(29)30)24(31)28-12-8-18(9-13-28)21-7-6-20(16-26-21)27-22-5-2-3-10-25-22/h2-3,5-7,10,16,18-19H,4,8-9,11-15,17H2,1H3,(H,25,27)/t19-/m1/s1. The Bertz CT molecular complexity index is 898. The Morgan fingerprint density at radius 2 is 2.03 bits per heavy atom. The van der Waals surface area contributed by atoms with Crippen molar-refractivity contribution in [2.45, 2.75) is 31.6 Å². The van der Waals surface area contributed by atoms with Gasteiger partial charge < -0.3 is 19.9 Å². The Morgan fingerprint density at radius 1 is 1.19 bits per heavy atom. The van der Waals surface area contributed by atoms with Gasteiger partial charge in [0.05, 0.1) is 17.8 Å². The average molecular weight is 438 g/mol. The zero-order chi connectivity index (χ0) is 22.3. The number of methoxy groups -OCH3 is 1. The molecule has 2 aliphatic rings. The van der Waals surface area contributed by atoms with Crippen molar-refractivity contribution in [3.8, 4) is 0 Å². The van der Waals surface area contributed by atoms with Gasteiger partial charge in [-0.3, -0.25) is 14.6 Å². The molecule has 32 heavy (non-hydrogen) atoms. The largest absolute Gasteiger partial charge is 0.385 e. The van der Waals surface area contributed by atoms with Crippen molar-refractivity contribution >= 4 is 23.3 Å². The van der Waals surface area contributed by atoms with Crippen LogP contribution in [0.15, 0.2) is 42.7 Å². The van der Waals surface area contributed by atoms with E-state index in [1.165, 1.54) is 0 Å². The maximum Gasteiger partial charge on any atom is 0.227 e. The number of pyridine rings is 2. The Balaban J connectivity index is 1.26. The van der Waals surface area contributed by atoms with Gasteiger partial charge in [-0.15, -0.1) is 0 Å². The molecule has 4 rings (SSSR count). The summed E-state index contributed by atoms with van der Waals surface area (Å²) < 4.78 is 5.06. The van der Waals surface area contributed by atoms with E-state index in [-0.39, 0.29) is 17.7 Å². The summed E-state index contributed by atoms with van der Waals surface area (Å²) in [6, 6.07) is 9.81. The van der Waals surface area contributed by atoms with E-state index in [4.69, 9.17) is 4.74 Å². The monoisotopic (exact) mass is 437 g/mol. The topological polar surface area (TPSA) is 87.7 Å². The number of hydrogen-bond donors (Lipinski definition) is 1. The van der Waals surface area contributed by atoms with Crippen LogP contribution >= 0.6 is 0 Å². The Labute approximate surface area is 189 Å². The summed E-state index contributed by atoms with van der Waals surface area (Å²) in [5, 5.41) is 3.25. The van der Waals surface area contributed by atoms with E-state index >= 15 is 0 Å². The van der Waals surface area contributed by atoms with Crippen LogP contribution in [0.4, 0.5) is 11.5 Å². The first-order valence-corrected chi connectivity index (χ1v) is 11.3. The molecule has 0 saturated carbocycles. The van der Waals surface area contributed by atoms with Crippen molar-refractivity contribution in [2.75, 3.05) is 45.2 Å². The first-order valence-electron chi connectivity index (χ1n) is 11.3. The summed E-state index contributed by atoms with van der Waals surface area (Å²) in [7, 11) is 1.66. The first-order chi connectivity index (χ1) is 15.6. The lowest BCUT2D eigenvalue weighted by Crippen LogP contribution is -2.42. The number of nitrogens with one attached hydrogen (secondary N) is 1. The second-order valence-electron chi connectivity index (χ2n) is 8.50. The number of carbonyl (C=O) groups excluding carboxylic acids is 2. The van der Waals surface area contributed by atoms with E-state index in [1.807, 2.05) is 35.4 Å². The van der Waals surface area contributed by atoms with Crippen molar-refractivity contribution in [1.29, 1.82) is 0 Å². The number of piperidine rings is 1. The lowest BCUT2D eigenvalue weighted by molar-refractivity contribution is -0.136. The van der Waals surface area contributed by atoms with Crippen LogP contribution in [0.5, 0.6) is 0 Å². The molecule has 0 bridgehead atoms.